The van der Waals surface area contributed by atoms with Gasteiger partial charge in [0.05, 0.1) is 5.52 Å². The molecule has 0 aliphatic carbocycles. The lowest BCUT2D eigenvalue weighted by Gasteiger charge is -2.11. The van der Waals surface area contributed by atoms with Crippen molar-refractivity contribution in [3.63, 3.8) is 0 Å². The van der Waals surface area contributed by atoms with Crippen molar-refractivity contribution >= 4 is 16.9 Å². The van der Waals surface area contributed by atoms with Crippen molar-refractivity contribution < 1.29 is 23.1 Å². The Morgan fingerprint density at radius 2 is 1.88 bits per heavy atom. The van der Waals surface area contributed by atoms with E-state index in [-0.39, 0.29) is 15.5 Å². The van der Waals surface area contributed by atoms with Crippen molar-refractivity contribution in [1.29, 1.82) is 0 Å². The van der Waals surface area contributed by atoms with Gasteiger partial charge in [0.15, 0.2) is 0 Å². The second kappa shape index (κ2) is 3.26. The number of benzene rings is 1. The Balaban J connectivity index is 2.85. The van der Waals surface area contributed by atoms with E-state index in [4.69, 9.17) is 5.11 Å². The predicted molar refractivity (Wildman–Crippen MR) is 50.2 cm³/mol. The summed E-state index contributed by atoms with van der Waals surface area (Å²) in [6.07, 6.45) is -4.74. The number of rotatable bonds is 1. The summed E-state index contributed by atoms with van der Waals surface area (Å²) >= 11 is 0. The van der Waals surface area contributed by atoms with Gasteiger partial charge in [-0.25, -0.2) is 9.36 Å². The lowest BCUT2D eigenvalue weighted by atomic mass is 10.2. The van der Waals surface area contributed by atoms with Crippen molar-refractivity contribution in [2.24, 2.45) is 0 Å². The van der Waals surface area contributed by atoms with Crippen molar-refractivity contribution in [3.8, 4) is 0 Å². The number of hydrogen-bond donors (Lipinski definition) is 1. The van der Waals surface area contributed by atoms with Crippen LogP contribution in [-0.2, 0) is 6.30 Å². The summed E-state index contributed by atoms with van der Waals surface area (Å²) in [7, 11) is 0. The molecule has 0 saturated heterocycles. The number of carbonyl (C=O) groups is 1. The van der Waals surface area contributed by atoms with Gasteiger partial charge in [0.25, 0.3) is 0 Å². The SMILES string of the molecule is O=C(O)c1cc2ccccc2n1C(F)(F)F. The number of carboxylic acids is 1. The molecule has 2 aromatic rings. The van der Waals surface area contributed by atoms with Gasteiger partial charge in [-0.3, -0.25) is 0 Å². The second-order valence-corrected chi connectivity index (χ2v) is 3.20. The molecule has 2 rings (SSSR count). The van der Waals surface area contributed by atoms with Crippen molar-refractivity contribution in [1.82, 2.24) is 4.57 Å². The Bertz CT molecular complexity index is 557. The molecular formula is C10H6F3NO2. The Hall–Kier alpha value is -1.98. The summed E-state index contributed by atoms with van der Waals surface area (Å²) in [5, 5.41) is 8.96. The molecule has 0 saturated carbocycles. The van der Waals surface area contributed by atoms with Gasteiger partial charge < -0.3 is 5.11 Å². The fraction of sp³-hybridized carbons (Fsp3) is 0.100. The highest BCUT2D eigenvalue weighted by atomic mass is 19.4. The number of nitrogens with zero attached hydrogens (tertiary/aromatic N) is 1. The lowest BCUT2D eigenvalue weighted by Crippen LogP contribution is -2.21. The third-order valence-corrected chi connectivity index (χ3v) is 2.18. The number of alkyl halides is 3. The van der Waals surface area contributed by atoms with Crippen LogP contribution in [-0.4, -0.2) is 15.6 Å². The first kappa shape index (κ1) is 10.5. The van der Waals surface area contributed by atoms with Crippen molar-refractivity contribution in [2.75, 3.05) is 0 Å². The summed E-state index contributed by atoms with van der Waals surface area (Å²) in [6, 6.07) is 6.65. The first-order chi connectivity index (χ1) is 7.41. The monoisotopic (exact) mass is 229 g/mol. The summed E-state index contributed by atoms with van der Waals surface area (Å²) < 4.78 is 37.9. The summed E-state index contributed by atoms with van der Waals surface area (Å²) in [4.78, 5) is 10.7. The third kappa shape index (κ3) is 1.52. The predicted octanol–water partition coefficient (Wildman–Crippen LogP) is 2.82. The number of para-hydroxylation sites is 1. The Morgan fingerprint density at radius 1 is 1.25 bits per heavy atom. The number of hydrogen-bond acceptors (Lipinski definition) is 1. The zero-order valence-electron chi connectivity index (χ0n) is 7.82. The van der Waals surface area contributed by atoms with Crippen LogP contribution in [0, 0.1) is 0 Å². The topological polar surface area (TPSA) is 42.2 Å². The van der Waals surface area contributed by atoms with Gasteiger partial charge >= 0.3 is 12.3 Å². The van der Waals surface area contributed by atoms with Gasteiger partial charge in [-0.05, 0) is 12.1 Å². The molecule has 6 heteroatoms. The minimum absolute atomic E-state index is 0.134. The van der Waals surface area contributed by atoms with Crippen LogP contribution in [0.25, 0.3) is 10.9 Å². The highest BCUT2D eigenvalue weighted by Crippen LogP contribution is 2.31. The molecule has 1 N–H and O–H groups in total. The van der Waals surface area contributed by atoms with Crippen LogP contribution < -0.4 is 0 Å². The van der Waals surface area contributed by atoms with Crippen LogP contribution in [0.4, 0.5) is 13.2 Å². The Kier molecular flexibility index (Phi) is 2.15. The van der Waals surface area contributed by atoms with E-state index >= 15 is 0 Å². The van der Waals surface area contributed by atoms with Crippen LogP contribution in [0.5, 0.6) is 0 Å². The molecule has 0 atom stereocenters. The molecule has 0 bridgehead atoms. The van der Waals surface area contributed by atoms with Gasteiger partial charge in [-0.15, -0.1) is 13.2 Å². The van der Waals surface area contributed by atoms with E-state index in [1.54, 1.807) is 6.07 Å². The van der Waals surface area contributed by atoms with Crippen molar-refractivity contribution in [3.05, 3.63) is 36.0 Å². The second-order valence-electron chi connectivity index (χ2n) is 3.20. The number of aromatic carboxylic acids is 1. The Morgan fingerprint density at radius 3 is 2.44 bits per heavy atom. The summed E-state index contributed by atoms with van der Waals surface area (Å²) in [5.41, 5.74) is -0.943. The molecule has 0 radical (unpaired) electrons. The zero-order chi connectivity index (χ0) is 11.9. The molecule has 16 heavy (non-hydrogen) atoms. The first-order valence-electron chi connectivity index (χ1n) is 4.32. The van der Waals surface area contributed by atoms with E-state index in [0.29, 0.717) is 0 Å². The lowest BCUT2D eigenvalue weighted by molar-refractivity contribution is -0.201. The van der Waals surface area contributed by atoms with E-state index < -0.39 is 18.0 Å². The van der Waals surface area contributed by atoms with E-state index in [0.717, 1.165) is 6.07 Å². The fourth-order valence-corrected chi connectivity index (χ4v) is 1.59. The van der Waals surface area contributed by atoms with Crippen LogP contribution >= 0.6 is 0 Å². The molecular weight excluding hydrogens is 223 g/mol. The molecule has 1 aromatic carbocycles. The normalized spacial score (nSPS) is 11.9. The van der Waals surface area contributed by atoms with E-state index in [9.17, 15) is 18.0 Å². The standard InChI is InChI=1S/C10H6F3NO2/c11-10(12,13)14-7-4-2-1-3-6(7)5-8(14)9(15)16/h1-5H,(H,15,16). The Labute approximate surface area is 87.7 Å². The summed E-state index contributed by atoms with van der Waals surface area (Å²) in [6.45, 7) is 0. The fourth-order valence-electron chi connectivity index (χ4n) is 1.59. The largest absolute Gasteiger partial charge is 0.489 e. The van der Waals surface area contributed by atoms with Gasteiger partial charge in [0, 0.05) is 5.39 Å². The number of aromatic nitrogens is 1. The van der Waals surface area contributed by atoms with Crippen LogP contribution in [0.15, 0.2) is 30.3 Å². The van der Waals surface area contributed by atoms with Crippen LogP contribution in [0.2, 0.25) is 0 Å². The minimum atomic E-state index is -4.74. The zero-order valence-corrected chi connectivity index (χ0v) is 7.82. The molecule has 84 valence electrons. The summed E-state index contributed by atoms with van der Waals surface area (Å²) in [5.74, 6) is -1.60. The quantitative estimate of drug-likeness (QED) is 0.816. The molecule has 0 aliphatic rings. The number of fused-ring (bicyclic) bond motifs is 1. The van der Waals surface area contributed by atoms with Crippen LogP contribution in [0.3, 0.4) is 0 Å². The molecule has 3 nitrogen and oxygen atoms in total. The van der Waals surface area contributed by atoms with Crippen LogP contribution in [0.1, 0.15) is 10.5 Å². The molecule has 0 aliphatic heterocycles. The minimum Gasteiger partial charge on any atom is -0.477 e. The van der Waals surface area contributed by atoms with E-state index in [1.165, 1.54) is 18.2 Å². The molecule has 0 spiro atoms. The molecule has 0 unspecified atom stereocenters. The maximum Gasteiger partial charge on any atom is 0.489 e. The number of carboxylic acid groups (broad SMARTS) is 1. The molecule has 0 amide bonds. The van der Waals surface area contributed by atoms with Gasteiger partial charge in [0.1, 0.15) is 5.69 Å². The maximum absolute atomic E-state index is 12.7. The maximum atomic E-state index is 12.7. The smallest absolute Gasteiger partial charge is 0.477 e. The molecule has 0 fully saturated rings. The highest BCUT2D eigenvalue weighted by molar-refractivity contribution is 5.94. The van der Waals surface area contributed by atoms with E-state index in [2.05, 4.69) is 0 Å². The van der Waals surface area contributed by atoms with Gasteiger partial charge in [0.2, 0.25) is 0 Å². The first-order valence-corrected chi connectivity index (χ1v) is 4.32. The number of halogens is 3. The third-order valence-electron chi connectivity index (χ3n) is 2.18. The highest BCUT2D eigenvalue weighted by Gasteiger charge is 2.36. The van der Waals surface area contributed by atoms with Gasteiger partial charge in [-0.2, -0.15) is 0 Å². The van der Waals surface area contributed by atoms with Gasteiger partial charge in [-0.1, -0.05) is 18.2 Å². The molecule has 1 aromatic heterocycles. The average molecular weight is 229 g/mol. The van der Waals surface area contributed by atoms with Crippen molar-refractivity contribution in [2.45, 2.75) is 6.30 Å². The van der Waals surface area contributed by atoms with E-state index in [1.807, 2.05) is 0 Å². The molecule has 1 heterocycles. The average Bonchev–Trinajstić information content (AvgIpc) is 2.55.